The van der Waals surface area contributed by atoms with Gasteiger partial charge >= 0.3 is 5.97 Å². The highest BCUT2D eigenvalue weighted by atomic mass is 19.1. The summed E-state index contributed by atoms with van der Waals surface area (Å²) in [5, 5.41) is 10.6. The highest BCUT2D eigenvalue weighted by Crippen LogP contribution is 2.44. The van der Waals surface area contributed by atoms with Crippen LogP contribution in [0.1, 0.15) is 187 Å². The van der Waals surface area contributed by atoms with Gasteiger partial charge in [0.15, 0.2) is 0 Å². The molecule has 0 unspecified atom stereocenters. The zero-order chi connectivity index (χ0) is 44.2. The number of benzene rings is 4. The molecule has 7 heteroatoms. The first-order valence-corrected chi connectivity index (χ1v) is 22.3. The number of halogens is 1. The van der Waals surface area contributed by atoms with Crippen molar-refractivity contribution in [3.05, 3.63) is 115 Å². The van der Waals surface area contributed by atoms with Gasteiger partial charge in [0.1, 0.15) is 28.8 Å². The van der Waals surface area contributed by atoms with E-state index in [4.69, 9.17) is 18.9 Å². The van der Waals surface area contributed by atoms with Crippen LogP contribution < -0.4 is 18.9 Å². The lowest BCUT2D eigenvalue weighted by molar-refractivity contribution is 0.0691. The maximum absolute atomic E-state index is 17.1. The molecule has 0 spiro atoms. The zero-order valence-corrected chi connectivity index (χ0v) is 38.9. The van der Waals surface area contributed by atoms with E-state index in [2.05, 4.69) is 119 Å². The highest BCUT2D eigenvalue weighted by molar-refractivity contribution is 5.89. The van der Waals surface area contributed by atoms with Crippen LogP contribution >= 0.6 is 0 Å². The number of aromatic carboxylic acids is 1. The Morgan fingerprint density at radius 2 is 0.750 bits per heavy atom. The molecule has 4 aromatic rings. The Kier molecular flexibility index (Phi) is 14.8. The normalized spacial score (nSPS) is 13.2. The van der Waals surface area contributed by atoms with Gasteiger partial charge in [-0.2, -0.15) is 0 Å². The molecule has 0 saturated carbocycles. The largest absolute Gasteiger partial charge is 0.493 e. The Balaban J connectivity index is 2.03. The highest BCUT2D eigenvalue weighted by Gasteiger charge is 2.30. The molecule has 60 heavy (non-hydrogen) atoms. The van der Waals surface area contributed by atoms with Crippen LogP contribution in [0.2, 0.25) is 0 Å². The quantitative estimate of drug-likeness (QED) is 0.127. The predicted octanol–water partition coefficient (Wildman–Crippen LogP) is 13.2. The summed E-state index contributed by atoms with van der Waals surface area (Å²) in [4.78, 5) is 12.9. The molecule has 0 heterocycles. The van der Waals surface area contributed by atoms with Gasteiger partial charge in [-0.25, -0.2) is 9.18 Å². The summed E-state index contributed by atoms with van der Waals surface area (Å²) in [5.74, 6) is 0.613. The van der Waals surface area contributed by atoms with Crippen LogP contribution in [0.25, 0.3) is 0 Å². The Hall–Kier alpha value is -4.52. The number of carboxylic acids is 1. The van der Waals surface area contributed by atoms with E-state index in [0.29, 0.717) is 62.8 Å². The summed E-state index contributed by atoms with van der Waals surface area (Å²) < 4.78 is 44.0. The first kappa shape index (κ1) is 46.5. The Morgan fingerprint density at radius 3 is 1.02 bits per heavy atom. The van der Waals surface area contributed by atoms with Crippen molar-refractivity contribution in [1.29, 1.82) is 0 Å². The number of ether oxygens (including phenoxy) is 4. The molecule has 0 atom stereocenters. The van der Waals surface area contributed by atoms with Gasteiger partial charge in [0.25, 0.3) is 0 Å². The standard InChI is InChI=1S/C53H71FO6/c1-14-18-57-46-33-22-34-26-41(52(8,9)10)29-37(47(34)58-19-15-2)24-38-32-44(50(55)56)45(54)43(49(38)60-21-17-4)31-39-30-42(53(11,12)13)28-36(48(39)59-20-16-3)23-35(46)27-40(25-33)51(5,6)7/h25-30,32H,14-24,31H2,1-13H3,(H,55,56). The number of fused-ring (bicyclic) bond motifs is 8. The van der Waals surface area contributed by atoms with Crippen molar-refractivity contribution >= 4 is 5.97 Å². The zero-order valence-electron chi connectivity index (χ0n) is 38.9. The Morgan fingerprint density at radius 1 is 0.483 bits per heavy atom. The van der Waals surface area contributed by atoms with Crippen LogP contribution in [0.4, 0.5) is 4.39 Å². The van der Waals surface area contributed by atoms with E-state index in [1.165, 1.54) is 11.6 Å². The smallest absolute Gasteiger partial charge is 0.338 e. The van der Waals surface area contributed by atoms with E-state index in [0.717, 1.165) is 75.3 Å². The molecule has 8 bridgehead atoms. The molecule has 0 fully saturated rings. The van der Waals surface area contributed by atoms with Crippen molar-refractivity contribution in [2.24, 2.45) is 0 Å². The second-order valence-electron chi connectivity index (χ2n) is 19.7. The van der Waals surface area contributed by atoms with Crippen molar-refractivity contribution in [2.75, 3.05) is 26.4 Å². The van der Waals surface area contributed by atoms with Crippen molar-refractivity contribution in [1.82, 2.24) is 0 Å². The first-order valence-electron chi connectivity index (χ1n) is 22.3. The fourth-order valence-electron chi connectivity index (χ4n) is 7.91. The summed E-state index contributed by atoms with van der Waals surface area (Å²) in [7, 11) is 0. The molecule has 0 saturated heterocycles. The fourth-order valence-corrected chi connectivity index (χ4v) is 7.91. The third kappa shape index (κ3) is 10.7. The van der Waals surface area contributed by atoms with Crippen molar-refractivity contribution in [3.8, 4) is 23.0 Å². The number of hydrogen-bond acceptors (Lipinski definition) is 5. The van der Waals surface area contributed by atoms with Gasteiger partial charge in [-0.05, 0) is 98.1 Å². The summed E-state index contributed by atoms with van der Waals surface area (Å²) in [6.07, 6.45) is 4.55. The van der Waals surface area contributed by atoms with E-state index in [1.807, 2.05) is 6.92 Å². The van der Waals surface area contributed by atoms with E-state index in [1.54, 1.807) is 0 Å². The van der Waals surface area contributed by atoms with Crippen molar-refractivity contribution < 1.29 is 33.2 Å². The van der Waals surface area contributed by atoms with Gasteiger partial charge in [-0.15, -0.1) is 0 Å². The number of rotatable bonds is 13. The summed E-state index contributed by atoms with van der Waals surface area (Å²) in [6, 6.07) is 14.9. The van der Waals surface area contributed by atoms with Crippen LogP contribution in [0.5, 0.6) is 23.0 Å². The monoisotopic (exact) mass is 823 g/mol. The average Bonchev–Trinajstić information content (AvgIpc) is 3.15. The summed E-state index contributed by atoms with van der Waals surface area (Å²) >= 11 is 0. The minimum absolute atomic E-state index is 0.0773. The molecule has 1 N–H and O–H groups in total. The second kappa shape index (κ2) is 19.0. The molecule has 0 aromatic heterocycles. The molecule has 5 rings (SSSR count). The topological polar surface area (TPSA) is 74.2 Å². The van der Waals surface area contributed by atoms with Gasteiger partial charge in [0, 0.05) is 36.8 Å². The third-order valence-corrected chi connectivity index (χ3v) is 11.3. The van der Waals surface area contributed by atoms with Gasteiger partial charge in [-0.3, -0.25) is 0 Å². The van der Waals surface area contributed by atoms with E-state index in [9.17, 15) is 9.90 Å². The molecular formula is C53H71FO6. The van der Waals surface area contributed by atoms with E-state index >= 15 is 4.39 Å². The lowest BCUT2D eigenvalue weighted by Crippen LogP contribution is -2.18. The Bertz CT molecular complexity index is 2160. The van der Waals surface area contributed by atoms with E-state index in [-0.39, 0.29) is 40.2 Å². The lowest BCUT2D eigenvalue weighted by atomic mass is 9.80. The molecule has 326 valence electrons. The maximum atomic E-state index is 17.1. The van der Waals surface area contributed by atoms with Gasteiger partial charge in [0.2, 0.25) is 0 Å². The molecule has 1 aliphatic carbocycles. The molecule has 6 nitrogen and oxygen atoms in total. The molecule has 0 aliphatic heterocycles. The second-order valence-corrected chi connectivity index (χ2v) is 19.7. The van der Waals surface area contributed by atoms with Gasteiger partial charge in [-0.1, -0.05) is 126 Å². The lowest BCUT2D eigenvalue weighted by Gasteiger charge is -2.28. The maximum Gasteiger partial charge on any atom is 0.338 e. The van der Waals surface area contributed by atoms with Gasteiger partial charge in [0.05, 0.1) is 32.0 Å². The average molecular weight is 823 g/mol. The minimum atomic E-state index is -1.32. The molecular weight excluding hydrogens is 752 g/mol. The minimum Gasteiger partial charge on any atom is -0.493 e. The Labute approximate surface area is 360 Å². The summed E-state index contributed by atoms with van der Waals surface area (Å²) in [5.41, 5.74) is 9.06. The van der Waals surface area contributed by atoms with Crippen LogP contribution in [0, 0.1) is 5.82 Å². The molecule has 0 radical (unpaired) electrons. The third-order valence-electron chi connectivity index (χ3n) is 11.3. The predicted molar refractivity (Wildman–Crippen MR) is 243 cm³/mol. The molecule has 4 aromatic carbocycles. The first-order chi connectivity index (χ1) is 28.2. The molecule has 1 aliphatic rings. The van der Waals surface area contributed by atoms with Crippen LogP contribution in [-0.4, -0.2) is 37.5 Å². The van der Waals surface area contributed by atoms with Gasteiger partial charge < -0.3 is 24.1 Å². The number of carbonyl (C=O) groups is 1. The number of hydrogen-bond donors (Lipinski definition) is 1. The van der Waals surface area contributed by atoms with E-state index < -0.39 is 11.8 Å². The molecule has 0 amide bonds. The van der Waals surface area contributed by atoms with Crippen molar-refractivity contribution in [2.45, 2.75) is 158 Å². The van der Waals surface area contributed by atoms with Crippen molar-refractivity contribution in [3.63, 3.8) is 0 Å². The van der Waals surface area contributed by atoms with Crippen LogP contribution in [0.15, 0.2) is 42.5 Å². The number of carboxylic acid groups (broad SMARTS) is 1. The fraction of sp³-hybridized carbons (Fsp3) is 0.528. The van der Waals surface area contributed by atoms with Crippen LogP contribution in [-0.2, 0) is 41.9 Å². The summed E-state index contributed by atoms with van der Waals surface area (Å²) in [6.45, 7) is 30.1. The SMILES string of the molecule is CCCOc1c2cc(C(C)(C)C)cc1Cc1cc(C(C)(C)C)cc(c1OCCC)Cc1c(F)c(C(=O)O)cc(c1OCCC)Cc1cc(C(C)(C)C)cc(c1OCCC)C2. The van der Waals surface area contributed by atoms with Crippen LogP contribution in [0.3, 0.4) is 0 Å².